The third-order valence-electron chi connectivity index (χ3n) is 4.29. The molecule has 0 aliphatic rings. The summed E-state index contributed by atoms with van der Waals surface area (Å²) in [6, 6.07) is 13.0. The average molecular weight is 405 g/mol. The number of rotatable bonds is 5. The van der Waals surface area contributed by atoms with Crippen molar-refractivity contribution in [1.82, 2.24) is 15.3 Å². The molecule has 0 spiro atoms. The van der Waals surface area contributed by atoms with Gasteiger partial charge in [-0.05, 0) is 19.1 Å². The van der Waals surface area contributed by atoms with Gasteiger partial charge in [-0.3, -0.25) is 0 Å². The van der Waals surface area contributed by atoms with Crippen LogP contribution in [0, 0.1) is 6.92 Å². The van der Waals surface area contributed by atoms with Crippen LogP contribution in [0.15, 0.2) is 62.0 Å². The number of aromatic nitrogens is 3. The number of aryl methyl sites for hydroxylation is 1. The number of nitrogens with zero attached hydrogens (tertiary/aromatic N) is 3. The van der Waals surface area contributed by atoms with E-state index in [9.17, 15) is 18.3 Å². The number of benzene rings is 1. The molecule has 0 bridgehead atoms. The molecular formula is C19H14F3N3O4. The van der Waals surface area contributed by atoms with Gasteiger partial charge in [0.15, 0.2) is 5.82 Å². The Labute approximate surface area is 161 Å². The smallest absolute Gasteiger partial charge is 0.425 e. The van der Waals surface area contributed by atoms with Crippen molar-refractivity contribution in [3.8, 4) is 22.9 Å². The number of alkyl halides is 3. The summed E-state index contributed by atoms with van der Waals surface area (Å²) in [5.74, 6) is -0.861. The molecule has 3 aromatic heterocycles. The van der Waals surface area contributed by atoms with Crippen molar-refractivity contribution in [1.29, 1.82) is 0 Å². The lowest BCUT2D eigenvalue weighted by molar-refractivity contribution is -0.273. The highest BCUT2D eigenvalue weighted by Gasteiger charge is 2.58. The van der Waals surface area contributed by atoms with Crippen LogP contribution in [0.25, 0.3) is 22.9 Å². The number of furan rings is 1. The first-order valence-corrected chi connectivity index (χ1v) is 8.47. The van der Waals surface area contributed by atoms with Gasteiger partial charge >= 0.3 is 6.18 Å². The highest BCUT2D eigenvalue weighted by Crippen LogP contribution is 2.42. The summed E-state index contributed by atoms with van der Waals surface area (Å²) in [5.41, 5.74) is -2.03. The maximum absolute atomic E-state index is 13.6. The molecule has 0 amide bonds. The Morgan fingerprint density at radius 2 is 1.76 bits per heavy atom. The minimum atomic E-state index is -5.02. The van der Waals surface area contributed by atoms with Crippen molar-refractivity contribution in [2.45, 2.75) is 25.1 Å². The van der Waals surface area contributed by atoms with Gasteiger partial charge in [-0.25, -0.2) is 0 Å². The second-order valence-electron chi connectivity index (χ2n) is 6.40. The number of aliphatic hydroxyl groups is 1. The first-order chi connectivity index (χ1) is 13.8. The molecule has 4 rings (SSSR count). The third kappa shape index (κ3) is 3.54. The van der Waals surface area contributed by atoms with Crippen molar-refractivity contribution in [3.63, 3.8) is 0 Å². The van der Waals surface area contributed by atoms with Crippen molar-refractivity contribution in [2.24, 2.45) is 0 Å². The van der Waals surface area contributed by atoms with Gasteiger partial charge in [0.25, 0.3) is 5.89 Å². The van der Waals surface area contributed by atoms with E-state index in [1.54, 1.807) is 0 Å². The van der Waals surface area contributed by atoms with Crippen LogP contribution >= 0.6 is 0 Å². The molecule has 7 nitrogen and oxygen atoms in total. The molecule has 1 atom stereocenters. The molecule has 29 heavy (non-hydrogen) atoms. The van der Waals surface area contributed by atoms with E-state index >= 15 is 0 Å². The first kappa shape index (κ1) is 18.9. The highest BCUT2D eigenvalue weighted by atomic mass is 19.4. The molecule has 0 saturated carbocycles. The zero-order valence-electron chi connectivity index (χ0n) is 15.0. The molecule has 1 unspecified atom stereocenters. The van der Waals surface area contributed by atoms with Crippen molar-refractivity contribution >= 4 is 0 Å². The SMILES string of the molecule is Cc1ccc(C(O)(Cc2noc(-c3cc(-c4ccccc4)no3)n2)C(F)(F)F)o1. The van der Waals surface area contributed by atoms with E-state index in [1.165, 1.54) is 19.1 Å². The summed E-state index contributed by atoms with van der Waals surface area (Å²) in [7, 11) is 0. The molecule has 1 aromatic carbocycles. The molecule has 0 saturated heterocycles. The standard InChI is InChI=1S/C19H14F3N3O4/c1-11-7-8-15(27-11)18(26,19(20,21)22)10-16-23-17(29-25-16)14-9-13(24-28-14)12-5-3-2-4-6-12/h2-9,26H,10H2,1H3. The second-order valence-corrected chi connectivity index (χ2v) is 6.40. The van der Waals surface area contributed by atoms with Gasteiger partial charge in [-0.2, -0.15) is 18.2 Å². The lowest BCUT2D eigenvalue weighted by Gasteiger charge is -2.27. The fourth-order valence-electron chi connectivity index (χ4n) is 2.76. The Morgan fingerprint density at radius 3 is 2.41 bits per heavy atom. The monoisotopic (exact) mass is 405 g/mol. The van der Waals surface area contributed by atoms with E-state index in [0.29, 0.717) is 5.69 Å². The molecular weight excluding hydrogens is 391 g/mol. The molecule has 0 aliphatic heterocycles. The van der Waals surface area contributed by atoms with Crippen LogP contribution in [0.2, 0.25) is 0 Å². The van der Waals surface area contributed by atoms with Crippen LogP contribution in [0.5, 0.6) is 0 Å². The maximum atomic E-state index is 13.6. The van der Waals surface area contributed by atoms with Crippen LogP contribution in [0.1, 0.15) is 17.3 Å². The van der Waals surface area contributed by atoms with Crippen molar-refractivity contribution in [3.05, 3.63) is 65.9 Å². The fourth-order valence-corrected chi connectivity index (χ4v) is 2.76. The molecule has 0 fully saturated rings. The average Bonchev–Trinajstić information content (AvgIpc) is 3.41. The predicted molar refractivity (Wildman–Crippen MR) is 92.3 cm³/mol. The largest absolute Gasteiger partial charge is 0.463 e. The predicted octanol–water partition coefficient (Wildman–Crippen LogP) is 4.29. The van der Waals surface area contributed by atoms with Gasteiger partial charge in [0.05, 0.1) is 6.42 Å². The first-order valence-electron chi connectivity index (χ1n) is 8.47. The molecule has 150 valence electrons. The summed E-state index contributed by atoms with van der Waals surface area (Å²) >= 11 is 0. The van der Waals surface area contributed by atoms with E-state index in [4.69, 9.17) is 13.5 Å². The van der Waals surface area contributed by atoms with Crippen LogP contribution in [0.4, 0.5) is 13.2 Å². The van der Waals surface area contributed by atoms with Crippen LogP contribution < -0.4 is 0 Å². The van der Waals surface area contributed by atoms with E-state index in [1.807, 2.05) is 30.3 Å². The highest BCUT2D eigenvalue weighted by molar-refractivity contribution is 5.62. The maximum Gasteiger partial charge on any atom is 0.425 e. The Morgan fingerprint density at radius 1 is 1.00 bits per heavy atom. The van der Waals surface area contributed by atoms with Crippen molar-refractivity contribution < 1.29 is 31.7 Å². The van der Waals surface area contributed by atoms with Crippen LogP contribution in [0.3, 0.4) is 0 Å². The lowest BCUT2D eigenvalue weighted by Crippen LogP contribution is -2.44. The molecule has 4 aromatic rings. The number of halogens is 3. The summed E-state index contributed by atoms with van der Waals surface area (Å²) in [4.78, 5) is 3.91. The van der Waals surface area contributed by atoms with Gasteiger partial charge in [-0.1, -0.05) is 40.6 Å². The quantitative estimate of drug-likeness (QED) is 0.529. The number of hydrogen-bond donors (Lipinski definition) is 1. The zero-order chi connectivity index (χ0) is 20.6. The summed E-state index contributed by atoms with van der Waals surface area (Å²) in [6.07, 6.45) is -6.02. The Kier molecular flexibility index (Phi) is 4.50. The molecule has 3 heterocycles. The number of hydrogen-bond acceptors (Lipinski definition) is 7. The van der Waals surface area contributed by atoms with Crippen LogP contribution in [-0.2, 0) is 12.0 Å². The summed E-state index contributed by atoms with van der Waals surface area (Å²) < 4.78 is 55.9. The van der Waals surface area contributed by atoms with E-state index in [0.717, 1.165) is 11.6 Å². The molecule has 10 heteroatoms. The summed E-state index contributed by atoms with van der Waals surface area (Å²) in [6.45, 7) is 1.47. The van der Waals surface area contributed by atoms with E-state index in [2.05, 4.69) is 15.3 Å². The molecule has 0 aliphatic carbocycles. The molecule has 0 radical (unpaired) electrons. The zero-order valence-corrected chi connectivity index (χ0v) is 15.0. The second kappa shape index (κ2) is 6.89. The van der Waals surface area contributed by atoms with Gasteiger partial charge in [0.2, 0.25) is 11.4 Å². The Hall–Kier alpha value is -3.40. The normalized spacial score (nSPS) is 14.1. The van der Waals surface area contributed by atoms with Gasteiger partial charge in [-0.15, -0.1) is 0 Å². The summed E-state index contributed by atoms with van der Waals surface area (Å²) in [5, 5.41) is 17.8. The Bertz CT molecular complexity index is 1120. The van der Waals surface area contributed by atoms with Gasteiger partial charge in [0, 0.05) is 11.6 Å². The third-order valence-corrected chi connectivity index (χ3v) is 4.29. The van der Waals surface area contributed by atoms with E-state index in [-0.39, 0.29) is 23.2 Å². The topological polar surface area (TPSA) is 98.3 Å². The van der Waals surface area contributed by atoms with E-state index < -0.39 is 24.0 Å². The fraction of sp³-hybridized carbons (Fsp3) is 0.211. The molecule has 1 N–H and O–H groups in total. The lowest BCUT2D eigenvalue weighted by atomic mass is 9.95. The van der Waals surface area contributed by atoms with Crippen molar-refractivity contribution in [2.75, 3.05) is 0 Å². The van der Waals surface area contributed by atoms with Crippen LogP contribution in [-0.4, -0.2) is 26.6 Å². The van der Waals surface area contributed by atoms with Gasteiger partial charge in [0.1, 0.15) is 17.2 Å². The Balaban J connectivity index is 1.61. The minimum absolute atomic E-state index is 0.0898. The van der Waals surface area contributed by atoms with Gasteiger partial charge < -0.3 is 18.6 Å². The minimum Gasteiger partial charge on any atom is -0.463 e.